The topological polar surface area (TPSA) is 3.24 Å². The van der Waals surface area contributed by atoms with Crippen molar-refractivity contribution in [1.29, 1.82) is 0 Å². The van der Waals surface area contributed by atoms with Crippen LogP contribution in [0, 0.1) is 33.1 Å². The molecule has 5 rings (SSSR count). The Morgan fingerprint density at radius 2 is 0.842 bits per heavy atom. The van der Waals surface area contributed by atoms with E-state index in [0.717, 1.165) is 0 Å². The molecule has 0 spiro atoms. The second kappa shape index (κ2) is 8.87. The van der Waals surface area contributed by atoms with Gasteiger partial charge in [0.15, 0.2) is 0 Å². The molecule has 0 saturated heterocycles. The number of hydrogen-bond acceptors (Lipinski definition) is 1. The Balaban J connectivity index is 1.59. The zero-order chi connectivity index (χ0) is 27.6. The maximum Gasteiger partial charge on any atom is 0.0466 e. The molecule has 1 nitrogen and oxygen atoms in total. The van der Waals surface area contributed by atoms with Crippen LogP contribution in [0.25, 0.3) is 11.1 Å². The molecule has 38 heavy (non-hydrogen) atoms. The Hall–Kier alpha value is -3.32. The first-order valence-corrected chi connectivity index (χ1v) is 13.9. The molecule has 0 fully saturated rings. The summed E-state index contributed by atoms with van der Waals surface area (Å²) in [6.07, 6.45) is 0. The molecule has 0 unspecified atom stereocenters. The zero-order valence-electron chi connectivity index (χ0n) is 25.0. The van der Waals surface area contributed by atoms with E-state index < -0.39 is 0 Å². The van der Waals surface area contributed by atoms with Gasteiger partial charge in [0.2, 0.25) is 0 Å². The van der Waals surface area contributed by atoms with Gasteiger partial charge in [-0.1, -0.05) is 84.0 Å². The largest absolute Gasteiger partial charge is 0.310 e. The predicted molar refractivity (Wildman–Crippen MR) is 165 cm³/mol. The Morgan fingerprint density at radius 1 is 0.421 bits per heavy atom. The summed E-state index contributed by atoms with van der Waals surface area (Å²) in [4.78, 5) is 2.39. The van der Waals surface area contributed by atoms with Crippen molar-refractivity contribution in [3.8, 4) is 11.1 Å². The number of anilines is 3. The highest BCUT2D eigenvalue weighted by Crippen LogP contribution is 2.61. The van der Waals surface area contributed by atoms with E-state index in [4.69, 9.17) is 0 Å². The first kappa shape index (κ1) is 26.3. The summed E-state index contributed by atoms with van der Waals surface area (Å²) in [6.45, 7) is 23.2. The predicted octanol–water partition coefficient (Wildman–Crippen LogP) is 10.7. The molecule has 0 radical (unpaired) electrons. The average molecular weight is 502 g/mol. The van der Waals surface area contributed by atoms with E-state index in [-0.39, 0.29) is 16.2 Å². The molecule has 1 aliphatic rings. The van der Waals surface area contributed by atoms with Crippen molar-refractivity contribution in [2.24, 2.45) is 5.41 Å². The first-order chi connectivity index (χ1) is 17.7. The zero-order valence-corrected chi connectivity index (χ0v) is 25.0. The van der Waals surface area contributed by atoms with E-state index >= 15 is 0 Å². The van der Waals surface area contributed by atoms with Gasteiger partial charge in [-0.2, -0.15) is 0 Å². The normalized spacial score (nSPS) is 16.8. The Morgan fingerprint density at radius 3 is 1.32 bits per heavy atom. The summed E-state index contributed by atoms with van der Waals surface area (Å²) in [5, 5.41) is 0. The van der Waals surface area contributed by atoms with Gasteiger partial charge >= 0.3 is 0 Å². The van der Waals surface area contributed by atoms with E-state index in [1.807, 2.05) is 0 Å². The first-order valence-electron chi connectivity index (χ1n) is 13.9. The minimum absolute atomic E-state index is 0.102. The van der Waals surface area contributed by atoms with Crippen LogP contribution in [0.2, 0.25) is 0 Å². The standard InChI is InChI=1S/C37H43N/c1-24-17-25(2)20-31(19-24)38(32-21-26(3)18-27(4)22-32)30-14-11-28(12-15-30)29-13-16-33-34(23-29)36(7,8)37(9,10)35(33,5)6/h11-23H,1-10H3. The lowest BCUT2D eigenvalue weighted by molar-refractivity contribution is 0.125. The fraction of sp³-hybridized carbons (Fsp3) is 0.351. The third kappa shape index (κ3) is 4.08. The minimum atomic E-state index is 0.102. The molecule has 0 aromatic heterocycles. The van der Waals surface area contributed by atoms with Crippen molar-refractivity contribution in [3.05, 3.63) is 112 Å². The van der Waals surface area contributed by atoms with Crippen molar-refractivity contribution in [1.82, 2.24) is 0 Å². The highest BCUT2D eigenvalue weighted by atomic mass is 15.1. The lowest BCUT2D eigenvalue weighted by Crippen LogP contribution is -2.42. The van der Waals surface area contributed by atoms with Crippen LogP contribution >= 0.6 is 0 Å². The van der Waals surface area contributed by atoms with E-state index in [0.29, 0.717) is 0 Å². The van der Waals surface area contributed by atoms with Gasteiger partial charge in [-0.05, 0) is 125 Å². The Bertz CT molecular complexity index is 1420. The molecule has 0 bridgehead atoms. The summed E-state index contributed by atoms with van der Waals surface area (Å²) in [5.41, 5.74) is 14.6. The summed E-state index contributed by atoms with van der Waals surface area (Å²) >= 11 is 0. The van der Waals surface area contributed by atoms with E-state index in [1.165, 1.54) is 61.6 Å². The molecular weight excluding hydrogens is 458 g/mol. The molecule has 0 N–H and O–H groups in total. The van der Waals surface area contributed by atoms with Crippen molar-refractivity contribution in [3.63, 3.8) is 0 Å². The van der Waals surface area contributed by atoms with Gasteiger partial charge in [-0.3, -0.25) is 0 Å². The Labute approximate surface area is 230 Å². The number of aryl methyl sites for hydroxylation is 4. The lowest BCUT2D eigenvalue weighted by Gasteiger charge is -2.44. The van der Waals surface area contributed by atoms with Crippen LogP contribution in [0.15, 0.2) is 78.9 Å². The van der Waals surface area contributed by atoms with Crippen LogP contribution in [-0.4, -0.2) is 0 Å². The molecule has 0 amide bonds. The third-order valence-corrected chi connectivity index (χ3v) is 9.88. The van der Waals surface area contributed by atoms with E-state index in [1.54, 1.807) is 0 Å². The fourth-order valence-electron chi connectivity index (χ4n) is 6.65. The van der Waals surface area contributed by atoms with Gasteiger partial charge < -0.3 is 4.90 Å². The number of hydrogen-bond donors (Lipinski definition) is 0. The highest BCUT2D eigenvalue weighted by Gasteiger charge is 2.56. The molecule has 0 heterocycles. The highest BCUT2D eigenvalue weighted by molar-refractivity contribution is 5.79. The van der Waals surface area contributed by atoms with Crippen LogP contribution in [0.5, 0.6) is 0 Å². The van der Waals surface area contributed by atoms with Crippen LogP contribution < -0.4 is 4.90 Å². The summed E-state index contributed by atoms with van der Waals surface area (Å²) in [7, 11) is 0. The van der Waals surface area contributed by atoms with Gasteiger partial charge in [0.05, 0.1) is 0 Å². The Kier molecular flexibility index (Phi) is 6.14. The molecule has 0 saturated carbocycles. The average Bonchev–Trinajstić information content (AvgIpc) is 2.92. The van der Waals surface area contributed by atoms with Crippen LogP contribution in [0.3, 0.4) is 0 Å². The second-order valence-corrected chi connectivity index (χ2v) is 13.2. The summed E-state index contributed by atoms with van der Waals surface area (Å²) in [5.74, 6) is 0. The second-order valence-electron chi connectivity index (χ2n) is 13.2. The van der Waals surface area contributed by atoms with Crippen LogP contribution in [0.4, 0.5) is 17.1 Å². The van der Waals surface area contributed by atoms with Crippen LogP contribution in [0.1, 0.15) is 74.9 Å². The van der Waals surface area contributed by atoms with Crippen molar-refractivity contribution in [2.75, 3.05) is 4.90 Å². The number of nitrogens with zero attached hydrogens (tertiary/aromatic N) is 1. The fourth-order valence-corrected chi connectivity index (χ4v) is 6.65. The van der Waals surface area contributed by atoms with Gasteiger partial charge in [0, 0.05) is 17.1 Å². The van der Waals surface area contributed by atoms with Crippen LogP contribution in [-0.2, 0) is 10.8 Å². The molecule has 4 aromatic rings. The van der Waals surface area contributed by atoms with Gasteiger partial charge in [0.25, 0.3) is 0 Å². The van der Waals surface area contributed by atoms with Gasteiger partial charge in [0.1, 0.15) is 0 Å². The molecule has 1 heteroatoms. The van der Waals surface area contributed by atoms with Crippen molar-refractivity contribution < 1.29 is 0 Å². The maximum atomic E-state index is 2.45. The minimum Gasteiger partial charge on any atom is -0.310 e. The van der Waals surface area contributed by atoms with E-state index in [9.17, 15) is 0 Å². The molecule has 0 aliphatic heterocycles. The molecular formula is C37H43N. The smallest absolute Gasteiger partial charge is 0.0466 e. The summed E-state index contributed by atoms with van der Waals surface area (Å²) < 4.78 is 0. The third-order valence-electron chi connectivity index (χ3n) is 9.88. The van der Waals surface area contributed by atoms with Gasteiger partial charge in [-0.15, -0.1) is 0 Å². The lowest BCUT2D eigenvalue weighted by atomic mass is 9.59. The summed E-state index contributed by atoms with van der Waals surface area (Å²) in [6, 6.07) is 29.9. The molecule has 196 valence electrons. The van der Waals surface area contributed by atoms with E-state index in [2.05, 4.69) is 153 Å². The number of benzene rings is 4. The number of fused-ring (bicyclic) bond motifs is 1. The monoisotopic (exact) mass is 501 g/mol. The molecule has 1 aliphatic carbocycles. The quantitative estimate of drug-likeness (QED) is 0.269. The molecule has 4 aromatic carbocycles. The maximum absolute atomic E-state index is 2.45. The van der Waals surface area contributed by atoms with Gasteiger partial charge in [-0.25, -0.2) is 0 Å². The number of rotatable bonds is 4. The molecule has 0 atom stereocenters. The SMILES string of the molecule is Cc1cc(C)cc(N(c2ccc(-c3ccc4c(c3)C(C)(C)C(C)(C)C4(C)C)cc2)c2cc(C)cc(C)c2)c1. The van der Waals surface area contributed by atoms with Crippen molar-refractivity contribution >= 4 is 17.1 Å². The van der Waals surface area contributed by atoms with Crippen molar-refractivity contribution in [2.45, 2.75) is 80.1 Å².